The molecule has 0 radical (unpaired) electrons. The number of halogens is 1. The van der Waals surface area contributed by atoms with Crippen molar-refractivity contribution in [3.63, 3.8) is 0 Å². The smallest absolute Gasteiger partial charge is 0.354 e. The number of carboxylic acid groups (broad SMARTS) is 1. The van der Waals surface area contributed by atoms with Crippen LogP contribution in [0.25, 0.3) is 21.8 Å². The summed E-state index contributed by atoms with van der Waals surface area (Å²) < 4.78 is 18.9. The maximum atomic E-state index is 13.8. The number of ether oxygens (including phenoxy) is 1. The molecular formula is C26H19FN2O4. The molecule has 0 aliphatic carbocycles. The Morgan fingerprint density at radius 1 is 0.818 bits per heavy atom. The molecule has 33 heavy (non-hydrogen) atoms. The van der Waals surface area contributed by atoms with Gasteiger partial charge >= 0.3 is 11.9 Å². The third-order valence-corrected chi connectivity index (χ3v) is 5.88. The van der Waals surface area contributed by atoms with Crippen LogP contribution in [0.1, 0.15) is 43.6 Å². The highest BCUT2D eigenvalue weighted by Crippen LogP contribution is 2.43. The molecule has 0 fully saturated rings. The average molecular weight is 442 g/mol. The predicted molar refractivity (Wildman–Crippen MR) is 122 cm³/mol. The lowest BCUT2D eigenvalue weighted by Gasteiger charge is -2.20. The Bertz CT molecular complexity index is 1510. The monoisotopic (exact) mass is 442 g/mol. The van der Waals surface area contributed by atoms with E-state index in [0.29, 0.717) is 33.1 Å². The van der Waals surface area contributed by atoms with Gasteiger partial charge in [-0.05, 0) is 29.8 Å². The number of benzene rings is 3. The van der Waals surface area contributed by atoms with Crippen molar-refractivity contribution >= 4 is 33.7 Å². The fraction of sp³-hybridized carbons (Fsp3) is 0.0769. The number of nitrogens with one attached hydrogen (secondary N) is 2. The molecule has 5 rings (SSSR count). The summed E-state index contributed by atoms with van der Waals surface area (Å²) in [6, 6.07) is 20.5. The Hall–Kier alpha value is -4.39. The van der Waals surface area contributed by atoms with E-state index in [1.165, 1.54) is 19.2 Å². The molecule has 2 aromatic heterocycles. The van der Waals surface area contributed by atoms with Crippen molar-refractivity contribution in [3.05, 3.63) is 107 Å². The number of carbonyl (C=O) groups is 2. The summed E-state index contributed by atoms with van der Waals surface area (Å²) in [6.07, 6.45) is 0. The van der Waals surface area contributed by atoms with Crippen LogP contribution in [-0.2, 0) is 4.74 Å². The molecule has 0 saturated carbocycles. The molecule has 1 atom stereocenters. The molecule has 3 aromatic carbocycles. The number of esters is 1. The number of para-hydroxylation sites is 2. The van der Waals surface area contributed by atoms with Crippen molar-refractivity contribution in [2.24, 2.45) is 0 Å². The molecule has 164 valence electrons. The van der Waals surface area contributed by atoms with Crippen LogP contribution in [0, 0.1) is 5.82 Å². The van der Waals surface area contributed by atoms with E-state index >= 15 is 0 Å². The fourth-order valence-electron chi connectivity index (χ4n) is 4.49. The molecule has 7 heteroatoms. The number of hydrogen-bond acceptors (Lipinski definition) is 3. The Balaban J connectivity index is 1.93. The molecule has 0 amide bonds. The topological polar surface area (TPSA) is 95.2 Å². The fourth-order valence-corrected chi connectivity index (χ4v) is 4.49. The van der Waals surface area contributed by atoms with Crippen LogP contribution < -0.4 is 0 Å². The van der Waals surface area contributed by atoms with E-state index in [9.17, 15) is 19.1 Å². The second-order valence-corrected chi connectivity index (χ2v) is 7.70. The van der Waals surface area contributed by atoms with E-state index < -0.39 is 23.7 Å². The number of H-pyrrole nitrogens is 2. The van der Waals surface area contributed by atoms with Crippen molar-refractivity contribution in [1.82, 2.24) is 9.97 Å². The number of rotatable bonds is 5. The van der Waals surface area contributed by atoms with Crippen LogP contribution in [-0.4, -0.2) is 34.1 Å². The minimum atomic E-state index is -1.13. The van der Waals surface area contributed by atoms with E-state index in [1.807, 2.05) is 42.5 Å². The summed E-state index contributed by atoms with van der Waals surface area (Å²) in [5, 5.41) is 11.5. The van der Waals surface area contributed by atoms with Gasteiger partial charge in [0.15, 0.2) is 0 Å². The molecule has 0 bridgehead atoms. The standard InChI is InChI=1S/C26H19FN2O4/c1-33-26(32)24-22(17-7-3-5-9-19(17)29-24)20(14-10-12-15(27)13-11-14)21-16-6-2-4-8-18(16)28-23(21)25(30)31/h2-13,20,28-29H,1H3,(H,30,31). The molecule has 2 heterocycles. The Kier molecular flexibility index (Phi) is 4.94. The maximum Gasteiger partial charge on any atom is 0.354 e. The second-order valence-electron chi connectivity index (χ2n) is 7.70. The number of methoxy groups -OCH3 is 1. The number of aromatic nitrogens is 2. The highest BCUT2D eigenvalue weighted by atomic mass is 19.1. The second kappa shape index (κ2) is 7.94. The van der Waals surface area contributed by atoms with Crippen molar-refractivity contribution < 1.29 is 23.8 Å². The zero-order valence-electron chi connectivity index (χ0n) is 17.6. The number of aromatic carboxylic acids is 1. The van der Waals surface area contributed by atoms with Gasteiger partial charge in [0.1, 0.15) is 17.2 Å². The first kappa shape index (κ1) is 20.5. The van der Waals surface area contributed by atoms with Gasteiger partial charge in [-0.3, -0.25) is 0 Å². The van der Waals surface area contributed by atoms with E-state index in [-0.39, 0.29) is 11.4 Å². The molecule has 6 nitrogen and oxygen atoms in total. The third kappa shape index (κ3) is 3.34. The third-order valence-electron chi connectivity index (χ3n) is 5.88. The first-order chi connectivity index (χ1) is 16.0. The van der Waals surface area contributed by atoms with Gasteiger partial charge in [0.05, 0.1) is 7.11 Å². The normalized spacial score (nSPS) is 12.2. The quantitative estimate of drug-likeness (QED) is 0.315. The number of carbonyl (C=O) groups excluding carboxylic acids is 1. The molecule has 0 aliphatic rings. The van der Waals surface area contributed by atoms with Gasteiger partial charge in [0.25, 0.3) is 0 Å². The highest BCUT2D eigenvalue weighted by molar-refractivity contribution is 6.03. The van der Waals surface area contributed by atoms with Crippen molar-refractivity contribution in [2.45, 2.75) is 5.92 Å². The lowest BCUT2D eigenvalue weighted by Crippen LogP contribution is -2.13. The number of carboxylic acids is 1. The Morgan fingerprint density at radius 2 is 1.33 bits per heavy atom. The van der Waals surface area contributed by atoms with E-state index in [0.717, 1.165) is 5.39 Å². The zero-order chi connectivity index (χ0) is 23.1. The van der Waals surface area contributed by atoms with Gasteiger partial charge in [-0.15, -0.1) is 0 Å². The molecule has 0 spiro atoms. The first-order valence-corrected chi connectivity index (χ1v) is 10.3. The van der Waals surface area contributed by atoms with Crippen molar-refractivity contribution in [1.29, 1.82) is 0 Å². The maximum absolute atomic E-state index is 13.8. The molecule has 5 aromatic rings. The summed E-state index contributed by atoms with van der Waals surface area (Å²) in [7, 11) is 1.29. The summed E-state index contributed by atoms with van der Waals surface area (Å²) in [5.74, 6) is -2.82. The SMILES string of the molecule is COC(=O)c1[nH]c2ccccc2c1C(c1ccc(F)cc1)c1c(C(=O)O)[nH]c2ccccc12. The van der Waals surface area contributed by atoms with Gasteiger partial charge in [0.2, 0.25) is 0 Å². The van der Waals surface area contributed by atoms with Crippen molar-refractivity contribution in [3.8, 4) is 0 Å². The van der Waals surface area contributed by atoms with E-state index in [1.54, 1.807) is 18.2 Å². The molecule has 0 aliphatic heterocycles. The number of fused-ring (bicyclic) bond motifs is 2. The largest absolute Gasteiger partial charge is 0.477 e. The molecule has 1 unspecified atom stereocenters. The molecular weight excluding hydrogens is 423 g/mol. The molecule has 0 saturated heterocycles. The van der Waals surface area contributed by atoms with E-state index in [2.05, 4.69) is 9.97 Å². The van der Waals surface area contributed by atoms with Gasteiger partial charge in [-0.25, -0.2) is 14.0 Å². The number of aromatic amines is 2. The average Bonchev–Trinajstić information content (AvgIpc) is 3.40. The van der Waals surface area contributed by atoms with Gasteiger partial charge in [0, 0.05) is 38.9 Å². The van der Waals surface area contributed by atoms with Gasteiger partial charge < -0.3 is 19.8 Å². The van der Waals surface area contributed by atoms with Gasteiger partial charge in [-0.2, -0.15) is 0 Å². The van der Waals surface area contributed by atoms with Crippen LogP contribution in [0.3, 0.4) is 0 Å². The summed E-state index contributed by atoms with van der Waals surface area (Å²) in [5.41, 5.74) is 3.27. The highest BCUT2D eigenvalue weighted by Gasteiger charge is 2.33. The van der Waals surface area contributed by atoms with Crippen LogP contribution in [0.5, 0.6) is 0 Å². The molecule has 3 N–H and O–H groups in total. The van der Waals surface area contributed by atoms with Crippen LogP contribution in [0.15, 0.2) is 72.8 Å². The lowest BCUT2D eigenvalue weighted by molar-refractivity contribution is 0.0593. The Morgan fingerprint density at radius 3 is 1.88 bits per heavy atom. The van der Waals surface area contributed by atoms with Crippen LogP contribution >= 0.6 is 0 Å². The van der Waals surface area contributed by atoms with Crippen LogP contribution in [0.4, 0.5) is 4.39 Å². The summed E-state index contributed by atoms with van der Waals surface area (Å²) >= 11 is 0. The lowest BCUT2D eigenvalue weighted by atomic mass is 9.82. The minimum Gasteiger partial charge on any atom is -0.477 e. The van der Waals surface area contributed by atoms with Crippen LogP contribution in [0.2, 0.25) is 0 Å². The summed E-state index contributed by atoms with van der Waals surface area (Å²) in [6.45, 7) is 0. The Labute approximate surface area is 187 Å². The summed E-state index contributed by atoms with van der Waals surface area (Å²) in [4.78, 5) is 31.2. The number of hydrogen-bond donors (Lipinski definition) is 3. The predicted octanol–water partition coefficient (Wildman–Crippen LogP) is 5.45. The van der Waals surface area contributed by atoms with Crippen molar-refractivity contribution in [2.75, 3.05) is 7.11 Å². The zero-order valence-corrected chi connectivity index (χ0v) is 17.6. The first-order valence-electron chi connectivity index (χ1n) is 10.3. The minimum absolute atomic E-state index is 0.00613. The van der Waals surface area contributed by atoms with Gasteiger partial charge in [-0.1, -0.05) is 48.5 Å². The van der Waals surface area contributed by atoms with E-state index in [4.69, 9.17) is 4.74 Å².